The van der Waals surface area contributed by atoms with Crippen LogP contribution in [0.4, 0.5) is 4.79 Å². The normalized spacial score (nSPS) is 4.80. The van der Waals surface area contributed by atoms with Crippen molar-refractivity contribution in [2.24, 2.45) is 0 Å². The van der Waals surface area contributed by atoms with Crippen LogP contribution in [0.3, 0.4) is 0 Å². The molecule has 0 aliphatic heterocycles. The summed E-state index contributed by atoms with van der Waals surface area (Å²) in [5, 5.41) is 16.7. The first-order valence-corrected chi connectivity index (χ1v) is 0.612. The van der Waals surface area contributed by atoms with Crippen LogP contribution < -0.4 is 10.2 Å². The zero-order valence-corrected chi connectivity index (χ0v) is 3.51. The first-order chi connectivity index (χ1) is 1.73. The van der Waals surface area contributed by atoms with Gasteiger partial charge in [-0.2, -0.15) is 0 Å². The van der Waals surface area contributed by atoms with Crippen molar-refractivity contribution in [3.05, 3.63) is 0 Å². The smallest absolute Gasteiger partial charge is 0 e. The van der Waals surface area contributed by atoms with Gasteiger partial charge in [0.2, 0.25) is 0 Å². The summed E-state index contributed by atoms with van der Waals surface area (Å²) in [6, 6.07) is 0. The summed E-state index contributed by atoms with van der Waals surface area (Å²) in [4.78, 5) is 8.33. The monoisotopic (exact) mass is 167 g/mol. The van der Waals surface area contributed by atoms with E-state index in [-0.39, 0.29) is 22.4 Å². The van der Waals surface area contributed by atoms with E-state index in [4.69, 9.17) is 15.0 Å². The second kappa shape index (κ2) is 4.01. The first kappa shape index (κ1) is 8.89. The molecule has 0 rings (SSSR count). The zero-order chi connectivity index (χ0) is 3.58. The Morgan fingerprint density at radius 1 is 1.40 bits per heavy atom. The van der Waals surface area contributed by atoms with Crippen molar-refractivity contribution in [2.75, 3.05) is 0 Å². The van der Waals surface area contributed by atoms with E-state index in [9.17, 15) is 0 Å². The SMILES string of the molecule is O=C([O-])[O-].[Ag]. The van der Waals surface area contributed by atoms with Crippen molar-refractivity contribution in [3.63, 3.8) is 0 Å². The molecule has 0 saturated heterocycles. The van der Waals surface area contributed by atoms with Crippen LogP contribution in [-0.2, 0) is 22.4 Å². The van der Waals surface area contributed by atoms with Gasteiger partial charge in [0.15, 0.2) is 0 Å². The number of hydrogen-bond donors (Lipinski definition) is 0. The Morgan fingerprint density at radius 2 is 1.40 bits per heavy atom. The molecule has 0 unspecified atom stereocenters. The Bertz CT molecular complexity index is 29.9. The van der Waals surface area contributed by atoms with Gasteiger partial charge in [-0.3, -0.25) is 0 Å². The van der Waals surface area contributed by atoms with E-state index in [1.54, 1.807) is 0 Å². The van der Waals surface area contributed by atoms with Gasteiger partial charge in [0.05, 0.1) is 0 Å². The van der Waals surface area contributed by atoms with Crippen LogP contribution in [0, 0.1) is 0 Å². The van der Waals surface area contributed by atoms with E-state index >= 15 is 0 Å². The van der Waals surface area contributed by atoms with E-state index < -0.39 is 6.16 Å². The summed E-state index contributed by atoms with van der Waals surface area (Å²) in [6.45, 7) is 0. The molecule has 1 radical (unpaired) electrons. The zero-order valence-electron chi connectivity index (χ0n) is 2.03. The van der Waals surface area contributed by atoms with Crippen LogP contribution in [0.1, 0.15) is 0 Å². The average Bonchev–Trinajstić information content (AvgIpc) is 0.811. The number of hydrogen-bond acceptors (Lipinski definition) is 3. The Morgan fingerprint density at radius 3 is 1.40 bits per heavy atom. The minimum absolute atomic E-state index is 0. The van der Waals surface area contributed by atoms with Gasteiger partial charge in [-0.05, 0) is 6.16 Å². The summed E-state index contributed by atoms with van der Waals surface area (Å²) >= 11 is 0. The van der Waals surface area contributed by atoms with Crippen LogP contribution in [-0.4, -0.2) is 6.16 Å². The van der Waals surface area contributed by atoms with Crippen LogP contribution in [0.25, 0.3) is 0 Å². The Kier molecular flexibility index (Phi) is 7.13. The largest absolute Gasteiger partial charge is 0.652 e. The molecule has 0 saturated carbocycles. The molecule has 0 fully saturated rings. The van der Waals surface area contributed by atoms with Gasteiger partial charge >= 0.3 is 0 Å². The van der Waals surface area contributed by atoms with E-state index in [1.165, 1.54) is 0 Å². The van der Waals surface area contributed by atoms with Crippen molar-refractivity contribution in [3.8, 4) is 0 Å². The van der Waals surface area contributed by atoms with Crippen molar-refractivity contribution in [2.45, 2.75) is 0 Å². The topological polar surface area (TPSA) is 63.2 Å². The van der Waals surface area contributed by atoms with Crippen LogP contribution in [0.15, 0.2) is 0 Å². The van der Waals surface area contributed by atoms with Gasteiger partial charge < -0.3 is 15.0 Å². The molecule has 0 aromatic carbocycles. The van der Waals surface area contributed by atoms with E-state index in [2.05, 4.69) is 0 Å². The summed E-state index contributed by atoms with van der Waals surface area (Å²) in [6.07, 6.45) is -2.33. The third-order valence-corrected chi connectivity index (χ3v) is 0. The molecule has 0 heterocycles. The summed E-state index contributed by atoms with van der Waals surface area (Å²) in [7, 11) is 0. The average molecular weight is 168 g/mol. The molecule has 0 bridgehead atoms. The third-order valence-electron chi connectivity index (χ3n) is 0. The maximum Gasteiger partial charge on any atom is 0 e. The maximum absolute atomic E-state index is 8.33. The van der Waals surface area contributed by atoms with Crippen molar-refractivity contribution in [1.82, 2.24) is 0 Å². The molecule has 5 heavy (non-hydrogen) atoms. The Labute approximate surface area is 44.1 Å². The fourth-order valence-electron chi connectivity index (χ4n) is 0. The van der Waals surface area contributed by atoms with Gasteiger partial charge in [0.1, 0.15) is 0 Å². The van der Waals surface area contributed by atoms with Gasteiger partial charge in [-0.15, -0.1) is 0 Å². The molecular weight excluding hydrogens is 168 g/mol. The number of carbonyl (C=O) groups is 1. The second-order valence-electron chi connectivity index (χ2n) is 0.250. The maximum atomic E-state index is 8.33. The third kappa shape index (κ3) is 154000. The molecule has 0 atom stereocenters. The quantitative estimate of drug-likeness (QED) is 0.377. The summed E-state index contributed by atoms with van der Waals surface area (Å²) in [5.74, 6) is 0. The standard InChI is InChI=1S/CH2O3.Ag/c2-1(3)4;/h(H2,2,3,4);/p-2. The Balaban J connectivity index is 0. The van der Waals surface area contributed by atoms with E-state index in [1.807, 2.05) is 0 Å². The molecule has 0 aromatic rings. The van der Waals surface area contributed by atoms with Crippen LogP contribution in [0.2, 0.25) is 0 Å². The molecule has 0 N–H and O–H groups in total. The molecule has 0 aromatic heterocycles. The van der Waals surface area contributed by atoms with Gasteiger partial charge in [0, 0.05) is 22.4 Å². The predicted octanol–water partition coefficient (Wildman–Crippen LogP) is -2.45. The van der Waals surface area contributed by atoms with E-state index in [0.717, 1.165) is 0 Å². The molecular formula is CAgO3-2. The van der Waals surface area contributed by atoms with Crippen LogP contribution in [0.5, 0.6) is 0 Å². The van der Waals surface area contributed by atoms with Crippen molar-refractivity contribution in [1.29, 1.82) is 0 Å². The Hall–Kier alpha value is 0.0103. The number of carbonyl (C=O) groups excluding carboxylic acids is 1. The number of rotatable bonds is 0. The van der Waals surface area contributed by atoms with Crippen LogP contribution >= 0.6 is 0 Å². The second-order valence-corrected chi connectivity index (χ2v) is 0.250. The fourth-order valence-corrected chi connectivity index (χ4v) is 0. The fraction of sp³-hybridized carbons (Fsp3) is 0. The minimum Gasteiger partial charge on any atom is -0.652 e. The van der Waals surface area contributed by atoms with Gasteiger partial charge in [-0.1, -0.05) is 0 Å². The molecule has 0 aliphatic carbocycles. The predicted molar refractivity (Wildman–Crippen MR) is 5.40 cm³/mol. The van der Waals surface area contributed by atoms with E-state index in [0.29, 0.717) is 0 Å². The van der Waals surface area contributed by atoms with Gasteiger partial charge in [0.25, 0.3) is 0 Å². The molecule has 0 spiro atoms. The summed E-state index contributed by atoms with van der Waals surface area (Å²) < 4.78 is 0. The van der Waals surface area contributed by atoms with Crippen molar-refractivity contribution >= 4 is 6.16 Å². The van der Waals surface area contributed by atoms with Gasteiger partial charge in [-0.25, -0.2) is 0 Å². The molecule has 0 amide bonds. The molecule has 4 heteroatoms. The number of carboxylic acid groups (broad SMARTS) is 2. The molecule has 3 nitrogen and oxygen atoms in total. The van der Waals surface area contributed by atoms with Crippen molar-refractivity contribution < 1.29 is 37.4 Å². The minimum atomic E-state index is -2.33. The first-order valence-electron chi connectivity index (χ1n) is 0.612. The molecule has 0 aliphatic rings. The molecule has 35 valence electrons. The summed E-state index contributed by atoms with van der Waals surface area (Å²) in [5.41, 5.74) is 0.